The highest BCUT2D eigenvalue weighted by Crippen LogP contribution is 2.28. The molecule has 20 heavy (non-hydrogen) atoms. The van der Waals surface area contributed by atoms with Crippen molar-refractivity contribution in [2.75, 3.05) is 0 Å². The minimum atomic E-state index is -0.718. The van der Waals surface area contributed by atoms with Crippen LogP contribution in [0.15, 0.2) is 46.9 Å². The first-order chi connectivity index (χ1) is 9.49. The monoisotopic (exact) mass is 336 g/mol. The lowest BCUT2D eigenvalue weighted by molar-refractivity contribution is 0.177. The van der Waals surface area contributed by atoms with E-state index < -0.39 is 6.10 Å². The highest BCUT2D eigenvalue weighted by molar-refractivity contribution is 9.10. The van der Waals surface area contributed by atoms with Gasteiger partial charge in [-0.15, -0.1) is 0 Å². The van der Waals surface area contributed by atoms with Crippen LogP contribution in [0.2, 0.25) is 0 Å². The van der Waals surface area contributed by atoms with Crippen LogP contribution in [0.25, 0.3) is 0 Å². The Kier molecular flexibility index (Phi) is 4.95. The van der Waals surface area contributed by atoms with E-state index in [2.05, 4.69) is 41.9 Å². The Bertz CT molecular complexity index is 578. The zero-order valence-corrected chi connectivity index (χ0v) is 13.2. The molecule has 2 aromatic rings. The summed E-state index contributed by atoms with van der Waals surface area (Å²) in [6.45, 7) is 4.29. The van der Waals surface area contributed by atoms with E-state index in [1.165, 1.54) is 11.6 Å². The molecule has 0 fully saturated rings. The summed E-state index contributed by atoms with van der Waals surface area (Å²) >= 11 is 3.19. The Balaban J connectivity index is 2.15. The molecule has 1 atom stereocenters. The summed E-state index contributed by atoms with van der Waals surface area (Å²) in [5.41, 5.74) is 2.89. The van der Waals surface area contributed by atoms with Crippen molar-refractivity contribution in [1.82, 2.24) is 0 Å². The lowest BCUT2D eigenvalue weighted by Crippen LogP contribution is -2.04. The molecule has 0 spiro atoms. The number of hydrogen-bond acceptors (Lipinski definition) is 1. The van der Waals surface area contributed by atoms with Crippen molar-refractivity contribution in [2.24, 2.45) is 0 Å². The third-order valence-electron chi connectivity index (χ3n) is 3.42. The molecule has 2 rings (SSSR count). The number of halogens is 2. The van der Waals surface area contributed by atoms with Crippen LogP contribution in [0.4, 0.5) is 4.39 Å². The van der Waals surface area contributed by atoms with Crippen molar-refractivity contribution < 1.29 is 9.50 Å². The predicted octanol–water partition coefficient (Wildman–Crippen LogP) is 4.99. The standard InChI is InChI=1S/C17H18BrFO/c1-11(2)13-8-6-12(7-9-13)10-16(20)14-4-3-5-15(19)17(14)18/h3-9,11,16,20H,10H2,1-2H3. The first kappa shape index (κ1) is 15.2. The number of rotatable bonds is 4. The lowest BCUT2D eigenvalue weighted by Gasteiger charge is -2.14. The number of aliphatic hydroxyl groups excluding tert-OH is 1. The molecule has 1 unspecified atom stereocenters. The molecule has 2 aromatic carbocycles. The van der Waals surface area contributed by atoms with Crippen molar-refractivity contribution >= 4 is 15.9 Å². The molecule has 3 heteroatoms. The van der Waals surface area contributed by atoms with E-state index in [1.807, 2.05) is 12.1 Å². The summed E-state index contributed by atoms with van der Waals surface area (Å²) in [5.74, 6) is 0.142. The molecule has 1 nitrogen and oxygen atoms in total. The van der Waals surface area contributed by atoms with E-state index in [-0.39, 0.29) is 5.82 Å². The maximum atomic E-state index is 13.5. The summed E-state index contributed by atoms with van der Waals surface area (Å²) in [6, 6.07) is 12.9. The van der Waals surface area contributed by atoms with Crippen LogP contribution in [0.5, 0.6) is 0 Å². The zero-order valence-electron chi connectivity index (χ0n) is 11.6. The van der Waals surface area contributed by atoms with Crippen LogP contribution >= 0.6 is 15.9 Å². The molecular formula is C17H18BrFO. The summed E-state index contributed by atoms with van der Waals surface area (Å²) in [6.07, 6.45) is -0.245. The van der Waals surface area contributed by atoms with Gasteiger partial charge in [0, 0.05) is 6.42 Å². The Morgan fingerprint density at radius 1 is 1.10 bits per heavy atom. The molecule has 0 amide bonds. The molecule has 0 saturated heterocycles. The second kappa shape index (κ2) is 6.51. The van der Waals surface area contributed by atoms with Gasteiger partial charge in [0.25, 0.3) is 0 Å². The summed E-state index contributed by atoms with van der Waals surface area (Å²) in [4.78, 5) is 0. The molecule has 0 aliphatic carbocycles. The minimum absolute atomic E-state index is 0.339. The smallest absolute Gasteiger partial charge is 0.137 e. The molecular weight excluding hydrogens is 319 g/mol. The topological polar surface area (TPSA) is 20.2 Å². The van der Waals surface area contributed by atoms with Crippen molar-refractivity contribution in [2.45, 2.75) is 32.3 Å². The van der Waals surface area contributed by atoms with Crippen molar-refractivity contribution in [3.05, 3.63) is 69.4 Å². The molecule has 0 radical (unpaired) electrons. The van der Waals surface area contributed by atoms with E-state index in [0.717, 1.165) is 5.56 Å². The second-order valence-corrected chi connectivity index (χ2v) is 6.05. The van der Waals surface area contributed by atoms with Crippen LogP contribution in [0.3, 0.4) is 0 Å². The Morgan fingerprint density at radius 2 is 1.75 bits per heavy atom. The van der Waals surface area contributed by atoms with Crippen LogP contribution in [-0.2, 0) is 6.42 Å². The summed E-state index contributed by atoms with van der Waals surface area (Å²) in [7, 11) is 0. The largest absolute Gasteiger partial charge is 0.388 e. The Labute approximate surface area is 127 Å². The molecule has 0 aromatic heterocycles. The van der Waals surface area contributed by atoms with Gasteiger partial charge in [0.05, 0.1) is 10.6 Å². The van der Waals surface area contributed by atoms with Crippen LogP contribution < -0.4 is 0 Å². The number of aliphatic hydroxyl groups is 1. The molecule has 0 aliphatic rings. The molecule has 106 valence electrons. The predicted molar refractivity (Wildman–Crippen MR) is 83.3 cm³/mol. The fourth-order valence-electron chi connectivity index (χ4n) is 2.15. The van der Waals surface area contributed by atoms with E-state index >= 15 is 0 Å². The zero-order chi connectivity index (χ0) is 14.7. The van der Waals surface area contributed by atoms with E-state index in [1.54, 1.807) is 12.1 Å². The first-order valence-electron chi connectivity index (χ1n) is 6.70. The van der Waals surface area contributed by atoms with Gasteiger partial charge in [-0.2, -0.15) is 0 Å². The Hall–Kier alpha value is -1.19. The van der Waals surface area contributed by atoms with E-state index in [4.69, 9.17) is 0 Å². The van der Waals surface area contributed by atoms with Crippen LogP contribution in [-0.4, -0.2) is 5.11 Å². The third kappa shape index (κ3) is 3.47. The maximum absolute atomic E-state index is 13.5. The maximum Gasteiger partial charge on any atom is 0.137 e. The normalized spacial score (nSPS) is 12.7. The Morgan fingerprint density at radius 3 is 2.35 bits per heavy atom. The highest BCUT2D eigenvalue weighted by Gasteiger charge is 2.14. The first-order valence-corrected chi connectivity index (χ1v) is 7.49. The molecule has 1 N–H and O–H groups in total. The molecule has 0 bridgehead atoms. The van der Waals surface area contributed by atoms with Crippen molar-refractivity contribution in [3.63, 3.8) is 0 Å². The molecule has 0 aliphatic heterocycles. The van der Waals surface area contributed by atoms with Gasteiger partial charge in [-0.1, -0.05) is 50.2 Å². The van der Waals surface area contributed by atoms with Gasteiger partial charge in [-0.3, -0.25) is 0 Å². The average Bonchev–Trinajstić information content (AvgIpc) is 2.42. The van der Waals surface area contributed by atoms with Crippen LogP contribution in [0, 0.1) is 5.82 Å². The fourth-order valence-corrected chi connectivity index (χ4v) is 2.68. The van der Waals surface area contributed by atoms with E-state index in [9.17, 15) is 9.50 Å². The minimum Gasteiger partial charge on any atom is -0.388 e. The lowest BCUT2D eigenvalue weighted by atomic mass is 9.97. The molecule has 0 heterocycles. The van der Waals surface area contributed by atoms with Crippen molar-refractivity contribution in [1.29, 1.82) is 0 Å². The number of benzene rings is 2. The highest BCUT2D eigenvalue weighted by atomic mass is 79.9. The van der Waals surface area contributed by atoms with Gasteiger partial charge in [0.2, 0.25) is 0 Å². The van der Waals surface area contributed by atoms with Gasteiger partial charge >= 0.3 is 0 Å². The summed E-state index contributed by atoms with van der Waals surface area (Å²) < 4.78 is 13.8. The fraction of sp³-hybridized carbons (Fsp3) is 0.294. The van der Waals surface area contributed by atoms with Gasteiger partial charge in [-0.05, 0) is 44.6 Å². The van der Waals surface area contributed by atoms with Crippen LogP contribution in [0.1, 0.15) is 42.6 Å². The third-order valence-corrected chi connectivity index (χ3v) is 4.25. The van der Waals surface area contributed by atoms with Crippen molar-refractivity contribution in [3.8, 4) is 0 Å². The van der Waals surface area contributed by atoms with Gasteiger partial charge < -0.3 is 5.11 Å². The van der Waals surface area contributed by atoms with Gasteiger partial charge in [0.15, 0.2) is 0 Å². The summed E-state index contributed by atoms with van der Waals surface area (Å²) in [5, 5.41) is 10.3. The number of hydrogen-bond donors (Lipinski definition) is 1. The second-order valence-electron chi connectivity index (χ2n) is 5.26. The van der Waals surface area contributed by atoms with E-state index in [0.29, 0.717) is 22.4 Å². The molecule has 0 saturated carbocycles. The van der Waals surface area contributed by atoms with Gasteiger partial charge in [-0.25, -0.2) is 4.39 Å². The quantitative estimate of drug-likeness (QED) is 0.833. The SMILES string of the molecule is CC(C)c1ccc(CC(O)c2cccc(F)c2Br)cc1. The average molecular weight is 337 g/mol. The van der Waals surface area contributed by atoms with Gasteiger partial charge in [0.1, 0.15) is 5.82 Å².